The van der Waals surface area contributed by atoms with Crippen molar-refractivity contribution in [1.29, 1.82) is 0 Å². The van der Waals surface area contributed by atoms with Gasteiger partial charge in [-0.3, -0.25) is 10.1 Å². The Labute approximate surface area is 155 Å². The first-order valence-electron chi connectivity index (χ1n) is 8.65. The van der Waals surface area contributed by atoms with Gasteiger partial charge in [-0.15, -0.1) is 0 Å². The summed E-state index contributed by atoms with van der Waals surface area (Å²) in [6.45, 7) is 0.209. The maximum absolute atomic E-state index is 13.8. The van der Waals surface area contributed by atoms with Gasteiger partial charge in [0.05, 0.1) is 13.2 Å². The topological polar surface area (TPSA) is 76.7 Å². The minimum absolute atomic E-state index is 0.208. The summed E-state index contributed by atoms with van der Waals surface area (Å²) < 4.78 is 51.0. The Morgan fingerprint density at radius 3 is 2.52 bits per heavy atom. The predicted octanol–water partition coefficient (Wildman–Crippen LogP) is 1.94. The number of amides is 1. The fourth-order valence-corrected chi connectivity index (χ4v) is 2.85. The monoisotopic (exact) mass is 388 g/mol. The van der Waals surface area contributed by atoms with Crippen LogP contribution in [0.4, 0.5) is 13.2 Å². The molecule has 1 aliphatic heterocycles. The third kappa shape index (κ3) is 5.43. The average Bonchev–Trinajstić information content (AvgIpc) is 3.16. The van der Waals surface area contributed by atoms with Crippen LogP contribution in [-0.4, -0.2) is 50.1 Å². The number of carbonyl (C=O) groups excluding carboxylic acids is 2. The Bertz CT molecular complexity index is 633. The van der Waals surface area contributed by atoms with Crippen LogP contribution in [0.25, 0.3) is 0 Å². The number of hydrogen-bond donors (Lipinski definition) is 2. The van der Waals surface area contributed by atoms with Crippen molar-refractivity contribution < 1.29 is 32.2 Å². The molecule has 2 atom stereocenters. The van der Waals surface area contributed by atoms with Crippen molar-refractivity contribution in [2.24, 2.45) is 0 Å². The number of methoxy groups -OCH3 is 1. The number of halogens is 3. The van der Waals surface area contributed by atoms with Crippen LogP contribution in [0.15, 0.2) is 30.3 Å². The Morgan fingerprint density at radius 1 is 1.26 bits per heavy atom. The fourth-order valence-electron chi connectivity index (χ4n) is 2.85. The molecular formula is C18H23F3N2O4. The van der Waals surface area contributed by atoms with Crippen molar-refractivity contribution in [3.05, 3.63) is 35.9 Å². The molecule has 150 valence electrons. The van der Waals surface area contributed by atoms with E-state index in [1.54, 1.807) is 30.3 Å². The Kier molecular flexibility index (Phi) is 7.20. The number of rotatable bonds is 8. The van der Waals surface area contributed by atoms with Gasteiger partial charge in [-0.25, -0.2) is 4.79 Å². The lowest BCUT2D eigenvalue weighted by Crippen LogP contribution is -2.73. The van der Waals surface area contributed by atoms with Gasteiger partial charge in [0.2, 0.25) is 5.91 Å². The van der Waals surface area contributed by atoms with Crippen LogP contribution in [0.5, 0.6) is 0 Å². The third-order valence-electron chi connectivity index (χ3n) is 4.35. The highest BCUT2D eigenvalue weighted by Gasteiger charge is 2.63. The molecule has 0 spiro atoms. The van der Waals surface area contributed by atoms with Crippen LogP contribution in [0, 0.1) is 0 Å². The van der Waals surface area contributed by atoms with Gasteiger partial charge in [-0.2, -0.15) is 13.2 Å². The summed E-state index contributed by atoms with van der Waals surface area (Å²) in [4.78, 5) is 24.2. The fraction of sp³-hybridized carbons (Fsp3) is 0.556. The van der Waals surface area contributed by atoms with E-state index in [9.17, 15) is 22.8 Å². The lowest BCUT2D eigenvalue weighted by Gasteiger charge is -2.35. The van der Waals surface area contributed by atoms with E-state index in [-0.39, 0.29) is 19.4 Å². The molecule has 1 aromatic rings. The van der Waals surface area contributed by atoms with E-state index in [0.29, 0.717) is 13.0 Å². The van der Waals surface area contributed by atoms with Crippen LogP contribution in [0.2, 0.25) is 0 Å². The van der Waals surface area contributed by atoms with Crippen LogP contribution in [0.3, 0.4) is 0 Å². The van der Waals surface area contributed by atoms with E-state index in [2.05, 4.69) is 10.1 Å². The molecule has 1 saturated heterocycles. The number of carbonyl (C=O) groups is 2. The van der Waals surface area contributed by atoms with Crippen LogP contribution in [0.1, 0.15) is 24.8 Å². The molecule has 6 nitrogen and oxygen atoms in total. The van der Waals surface area contributed by atoms with Gasteiger partial charge in [0.25, 0.3) is 5.66 Å². The van der Waals surface area contributed by atoms with E-state index < -0.39 is 29.8 Å². The van der Waals surface area contributed by atoms with Gasteiger partial charge in [0.1, 0.15) is 0 Å². The van der Waals surface area contributed by atoms with Crippen molar-refractivity contribution in [2.45, 2.75) is 43.6 Å². The summed E-state index contributed by atoms with van der Waals surface area (Å²) in [5.74, 6) is -2.54. The number of hydrogen-bond acceptors (Lipinski definition) is 5. The molecule has 1 aromatic carbocycles. The number of ether oxygens (including phenoxy) is 2. The molecule has 0 aromatic heterocycles. The molecule has 0 bridgehead atoms. The number of benzene rings is 1. The number of alkyl halides is 3. The molecule has 1 fully saturated rings. The Morgan fingerprint density at radius 2 is 1.96 bits per heavy atom. The first kappa shape index (κ1) is 21.2. The highest BCUT2D eigenvalue weighted by Crippen LogP contribution is 2.30. The first-order valence-corrected chi connectivity index (χ1v) is 8.65. The van der Waals surface area contributed by atoms with Gasteiger partial charge < -0.3 is 14.8 Å². The van der Waals surface area contributed by atoms with Crippen molar-refractivity contribution in [3.63, 3.8) is 0 Å². The van der Waals surface area contributed by atoms with Gasteiger partial charge in [-0.1, -0.05) is 30.3 Å². The van der Waals surface area contributed by atoms with E-state index in [0.717, 1.165) is 19.1 Å². The number of esters is 1. The minimum Gasteiger partial charge on any atom is -0.466 e. The summed E-state index contributed by atoms with van der Waals surface area (Å²) in [6, 6.07) is 8.86. The summed E-state index contributed by atoms with van der Waals surface area (Å²) in [5, 5.41) is 3.95. The zero-order valence-electron chi connectivity index (χ0n) is 15.0. The molecule has 27 heavy (non-hydrogen) atoms. The van der Waals surface area contributed by atoms with Crippen LogP contribution in [-0.2, 0) is 25.5 Å². The third-order valence-corrected chi connectivity index (χ3v) is 4.35. The largest absolute Gasteiger partial charge is 0.466 e. The molecule has 0 radical (unpaired) electrons. The molecule has 1 aliphatic rings. The molecule has 2 unspecified atom stereocenters. The van der Waals surface area contributed by atoms with Crippen molar-refractivity contribution in [3.8, 4) is 0 Å². The summed E-state index contributed by atoms with van der Waals surface area (Å²) >= 11 is 0. The quantitative estimate of drug-likeness (QED) is 0.526. The smallest absolute Gasteiger partial charge is 0.436 e. The zero-order valence-corrected chi connectivity index (χ0v) is 15.0. The second-order valence-corrected chi connectivity index (χ2v) is 6.29. The van der Waals surface area contributed by atoms with E-state index in [4.69, 9.17) is 4.74 Å². The van der Waals surface area contributed by atoms with Gasteiger partial charge in [-0.05, 0) is 24.8 Å². The molecule has 9 heteroatoms. The number of nitrogens with one attached hydrogen (secondary N) is 2. The van der Waals surface area contributed by atoms with Gasteiger partial charge >= 0.3 is 12.1 Å². The van der Waals surface area contributed by atoms with E-state index in [1.807, 2.05) is 5.32 Å². The van der Waals surface area contributed by atoms with E-state index >= 15 is 0 Å². The van der Waals surface area contributed by atoms with Crippen LogP contribution >= 0.6 is 0 Å². The number of aryl methyl sites for hydroxylation is 1. The Balaban J connectivity index is 2.11. The molecule has 2 N–H and O–H groups in total. The lowest BCUT2D eigenvalue weighted by atomic mass is 10.1. The van der Waals surface area contributed by atoms with Crippen molar-refractivity contribution in [2.75, 3.05) is 20.3 Å². The highest BCUT2D eigenvalue weighted by atomic mass is 19.4. The standard InChI is InChI=1S/C18H23F3N2O4/c1-26-16(25)17(18(19,20)21,22-12-14-8-5-11-27-14)23-15(24)10-9-13-6-3-2-4-7-13/h2-4,6-7,14,22H,5,8-12H2,1H3,(H,23,24). The van der Waals surface area contributed by atoms with Crippen LogP contribution < -0.4 is 10.6 Å². The SMILES string of the molecule is COC(=O)C(NCC1CCCO1)(NC(=O)CCc1ccccc1)C(F)(F)F. The average molecular weight is 388 g/mol. The molecule has 0 saturated carbocycles. The second-order valence-electron chi connectivity index (χ2n) is 6.29. The molecule has 2 rings (SSSR count). The molecular weight excluding hydrogens is 365 g/mol. The second kappa shape index (κ2) is 9.18. The summed E-state index contributed by atoms with van der Waals surface area (Å²) in [6.07, 6.45) is -4.22. The zero-order chi connectivity index (χ0) is 19.9. The molecule has 1 amide bonds. The maximum atomic E-state index is 13.8. The maximum Gasteiger partial charge on any atom is 0.436 e. The van der Waals surface area contributed by atoms with Crippen molar-refractivity contribution >= 4 is 11.9 Å². The normalized spacial score (nSPS) is 19.3. The first-order chi connectivity index (χ1) is 12.8. The molecule has 0 aliphatic carbocycles. The van der Waals surface area contributed by atoms with E-state index in [1.165, 1.54) is 0 Å². The lowest BCUT2D eigenvalue weighted by molar-refractivity contribution is -0.221. The summed E-state index contributed by atoms with van der Waals surface area (Å²) in [5.41, 5.74) is -2.52. The highest BCUT2D eigenvalue weighted by molar-refractivity contribution is 5.88. The van der Waals surface area contributed by atoms with Gasteiger partial charge in [0.15, 0.2) is 0 Å². The molecule has 1 heterocycles. The van der Waals surface area contributed by atoms with Gasteiger partial charge in [0, 0.05) is 19.6 Å². The predicted molar refractivity (Wildman–Crippen MR) is 90.7 cm³/mol. The minimum atomic E-state index is -5.10. The van der Waals surface area contributed by atoms with Crippen molar-refractivity contribution in [1.82, 2.24) is 10.6 Å². The Hall–Kier alpha value is -2.13. The summed E-state index contributed by atoms with van der Waals surface area (Å²) in [7, 11) is 0.840.